The van der Waals surface area contributed by atoms with Gasteiger partial charge >= 0.3 is 0 Å². The van der Waals surface area contributed by atoms with E-state index in [1.807, 2.05) is 32.5 Å². The molecule has 0 saturated heterocycles. The summed E-state index contributed by atoms with van der Waals surface area (Å²) in [7, 11) is 1.87. The van der Waals surface area contributed by atoms with E-state index >= 15 is 0 Å². The van der Waals surface area contributed by atoms with Gasteiger partial charge in [0.1, 0.15) is 22.5 Å². The summed E-state index contributed by atoms with van der Waals surface area (Å²) in [5.74, 6) is 2.44. The topological polar surface area (TPSA) is 62.7 Å². The Bertz CT molecular complexity index is 563. The first-order valence-corrected chi connectivity index (χ1v) is 7.03. The van der Waals surface area contributed by atoms with Crippen molar-refractivity contribution in [2.45, 2.75) is 33.2 Å². The van der Waals surface area contributed by atoms with Crippen molar-refractivity contribution in [2.75, 3.05) is 17.7 Å². The summed E-state index contributed by atoms with van der Waals surface area (Å²) in [5.41, 5.74) is 0.753. The SMILES string of the molecule is CNc1nc(C)nc(NC(C)(C)c2nccs2)c1C. The fourth-order valence-electron chi connectivity index (χ4n) is 1.88. The van der Waals surface area contributed by atoms with E-state index in [4.69, 9.17) is 0 Å². The predicted octanol–water partition coefficient (Wildman–Crippen LogP) is 2.94. The van der Waals surface area contributed by atoms with Gasteiger partial charge < -0.3 is 10.6 Å². The third-order valence-corrected chi connectivity index (χ3v) is 3.99. The first-order valence-electron chi connectivity index (χ1n) is 6.15. The highest BCUT2D eigenvalue weighted by Crippen LogP contribution is 2.29. The van der Waals surface area contributed by atoms with E-state index in [0.29, 0.717) is 0 Å². The average molecular weight is 277 g/mol. The van der Waals surface area contributed by atoms with E-state index < -0.39 is 0 Å². The molecule has 2 aromatic rings. The van der Waals surface area contributed by atoms with Crippen LogP contribution >= 0.6 is 11.3 Å². The monoisotopic (exact) mass is 277 g/mol. The third kappa shape index (κ3) is 2.84. The summed E-state index contributed by atoms with van der Waals surface area (Å²) < 4.78 is 0. The largest absolute Gasteiger partial charge is 0.373 e. The van der Waals surface area contributed by atoms with Crippen LogP contribution in [0.25, 0.3) is 0 Å². The Labute approximate surface area is 117 Å². The van der Waals surface area contributed by atoms with Crippen molar-refractivity contribution in [1.29, 1.82) is 0 Å². The number of aryl methyl sites for hydroxylation is 1. The van der Waals surface area contributed by atoms with Gasteiger partial charge in [-0.1, -0.05) is 0 Å². The van der Waals surface area contributed by atoms with Gasteiger partial charge in [-0.25, -0.2) is 15.0 Å². The molecule has 0 bridgehead atoms. The number of rotatable bonds is 4. The van der Waals surface area contributed by atoms with Crippen molar-refractivity contribution in [2.24, 2.45) is 0 Å². The Morgan fingerprint density at radius 3 is 2.42 bits per heavy atom. The predicted molar refractivity (Wildman–Crippen MR) is 79.8 cm³/mol. The number of nitrogens with zero attached hydrogens (tertiary/aromatic N) is 3. The number of anilines is 2. The Morgan fingerprint density at radius 2 is 1.84 bits per heavy atom. The fourth-order valence-corrected chi connectivity index (χ4v) is 2.59. The van der Waals surface area contributed by atoms with Crippen LogP contribution in [0.2, 0.25) is 0 Å². The van der Waals surface area contributed by atoms with E-state index in [2.05, 4.69) is 39.4 Å². The Balaban J connectivity index is 2.36. The molecule has 0 aliphatic rings. The fraction of sp³-hybridized carbons (Fsp3) is 0.462. The van der Waals surface area contributed by atoms with Gasteiger partial charge in [-0.3, -0.25) is 0 Å². The molecule has 6 heteroatoms. The molecule has 19 heavy (non-hydrogen) atoms. The number of hydrogen-bond donors (Lipinski definition) is 2. The summed E-state index contributed by atoms with van der Waals surface area (Å²) >= 11 is 1.64. The van der Waals surface area contributed by atoms with Crippen LogP contribution < -0.4 is 10.6 Å². The van der Waals surface area contributed by atoms with Crippen molar-refractivity contribution in [3.63, 3.8) is 0 Å². The van der Waals surface area contributed by atoms with Gasteiger partial charge in [0.15, 0.2) is 0 Å². The molecule has 0 spiro atoms. The molecule has 0 radical (unpaired) electrons. The maximum atomic E-state index is 4.49. The second kappa shape index (κ2) is 5.13. The second-order valence-electron chi connectivity index (χ2n) is 4.93. The second-order valence-corrected chi connectivity index (χ2v) is 5.82. The van der Waals surface area contributed by atoms with E-state index in [1.165, 1.54) is 0 Å². The smallest absolute Gasteiger partial charge is 0.135 e. The summed E-state index contributed by atoms with van der Waals surface area (Å²) in [6, 6.07) is 0. The number of nitrogens with one attached hydrogen (secondary N) is 2. The minimum absolute atomic E-state index is 0.259. The Morgan fingerprint density at radius 1 is 1.16 bits per heavy atom. The molecular weight excluding hydrogens is 258 g/mol. The van der Waals surface area contributed by atoms with Gasteiger partial charge in [0.25, 0.3) is 0 Å². The number of thiazole rings is 1. The molecule has 0 saturated carbocycles. The van der Waals surface area contributed by atoms with Crippen LogP contribution in [0, 0.1) is 13.8 Å². The van der Waals surface area contributed by atoms with Crippen molar-refractivity contribution in [1.82, 2.24) is 15.0 Å². The normalized spacial score (nSPS) is 11.4. The highest BCUT2D eigenvalue weighted by Gasteiger charge is 2.25. The van der Waals surface area contributed by atoms with Crippen LogP contribution in [0.3, 0.4) is 0 Å². The molecule has 2 rings (SSSR count). The molecule has 2 N–H and O–H groups in total. The van der Waals surface area contributed by atoms with Gasteiger partial charge in [0, 0.05) is 24.2 Å². The molecule has 0 amide bonds. The quantitative estimate of drug-likeness (QED) is 0.899. The van der Waals surface area contributed by atoms with Crippen molar-refractivity contribution < 1.29 is 0 Å². The molecule has 0 aliphatic carbocycles. The molecule has 2 aromatic heterocycles. The van der Waals surface area contributed by atoms with Gasteiger partial charge in [-0.2, -0.15) is 0 Å². The highest BCUT2D eigenvalue weighted by atomic mass is 32.1. The van der Waals surface area contributed by atoms with Crippen LogP contribution in [0.4, 0.5) is 11.6 Å². The van der Waals surface area contributed by atoms with Gasteiger partial charge in [0.05, 0.1) is 5.54 Å². The van der Waals surface area contributed by atoms with Gasteiger partial charge in [-0.15, -0.1) is 11.3 Å². The van der Waals surface area contributed by atoms with E-state index in [-0.39, 0.29) is 5.54 Å². The lowest BCUT2D eigenvalue weighted by molar-refractivity contribution is 0.599. The Kier molecular flexibility index (Phi) is 3.71. The van der Waals surface area contributed by atoms with Crippen molar-refractivity contribution in [3.05, 3.63) is 28.0 Å². The van der Waals surface area contributed by atoms with Crippen LogP contribution in [0.1, 0.15) is 30.2 Å². The van der Waals surface area contributed by atoms with Crippen LogP contribution in [-0.2, 0) is 5.54 Å². The third-order valence-electron chi connectivity index (χ3n) is 2.89. The van der Waals surface area contributed by atoms with Crippen LogP contribution in [-0.4, -0.2) is 22.0 Å². The molecule has 0 aromatic carbocycles. The summed E-state index contributed by atoms with van der Waals surface area (Å²) in [4.78, 5) is 13.2. The molecule has 0 fully saturated rings. The standard InChI is InChI=1S/C13H19N5S/c1-8-10(14-5)16-9(2)17-11(8)18-13(3,4)12-15-6-7-19-12/h6-7H,1-5H3,(H2,14,16,17,18). The summed E-state index contributed by atoms with van der Waals surface area (Å²) in [5, 5.41) is 9.57. The van der Waals surface area contributed by atoms with Crippen LogP contribution in [0.15, 0.2) is 11.6 Å². The van der Waals surface area contributed by atoms with Gasteiger partial charge in [-0.05, 0) is 27.7 Å². The summed E-state index contributed by atoms with van der Waals surface area (Å²) in [6.45, 7) is 8.09. The number of aromatic nitrogens is 3. The molecular formula is C13H19N5S. The first kappa shape index (κ1) is 13.7. The average Bonchev–Trinajstić information content (AvgIpc) is 2.87. The van der Waals surface area contributed by atoms with E-state index in [1.54, 1.807) is 11.3 Å². The molecule has 0 aliphatic heterocycles. The molecule has 102 valence electrons. The van der Waals surface area contributed by atoms with Gasteiger partial charge in [0.2, 0.25) is 0 Å². The van der Waals surface area contributed by atoms with E-state index in [9.17, 15) is 0 Å². The van der Waals surface area contributed by atoms with Crippen molar-refractivity contribution >= 4 is 23.0 Å². The summed E-state index contributed by atoms with van der Waals surface area (Å²) in [6.07, 6.45) is 1.82. The first-order chi connectivity index (χ1) is 8.94. The maximum absolute atomic E-state index is 4.49. The zero-order valence-electron chi connectivity index (χ0n) is 11.9. The minimum atomic E-state index is -0.259. The maximum Gasteiger partial charge on any atom is 0.135 e. The zero-order chi connectivity index (χ0) is 14.0. The molecule has 5 nitrogen and oxygen atoms in total. The highest BCUT2D eigenvalue weighted by molar-refractivity contribution is 7.09. The molecule has 2 heterocycles. The van der Waals surface area contributed by atoms with Crippen molar-refractivity contribution in [3.8, 4) is 0 Å². The number of hydrogen-bond acceptors (Lipinski definition) is 6. The molecule has 0 atom stereocenters. The minimum Gasteiger partial charge on any atom is -0.373 e. The van der Waals surface area contributed by atoms with Crippen LogP contribution in [0.5, 0.6) is 0 Å². The van der Waals surface area contributed by atoms with E-state index in [0.717, 1.165) is 28.0 Å². The lowest BCUT2D eigenvalue weighted by Gasteiger charge is -2.26. The lowest BCUT2D eigenvalue weighted by Crippen LogP contribution is -2.29. The molecule has 0 unspecified atom stereocenters. The lowest BCUT2D eigenvalue weighted by atomic mass is 10.1. The zero-order valence-corrected chi connectivity index (χ0v) is 12.7. The Hall–Kier alpha value is -1.69.